The summed E-state index contributed by atoms with van der Waals surface area (Å²) >= 11 is 3.60. The molecule has 1 aliphatic heterocycles. The second-order valence-corrected chi connectivity index (χ2v) is 9.83. The number of para-hydroxylation sites is 1. The molecule has 0 N–H and O–H groups in total. The topological polar surface area (TPSA) is 18.5 Å². The Morgan fingerprint density at radius 3 is 1.74 bits per heavy atom. The van der Waals surface area contributed by atoms with Gasteiger partial charge in [0.2, 0.25) is 0 Å². The molecular formula is C31H17BrO2. The predicted octanol–water partition coefficient (Wildman–Crippen LogP) is 8.69. The molecule has 0 bridgehead atoms. The van der Waals surface area contributed by atoms with Crippen molar-refractivity contribution in [3.05, 3.63) is 130 Å². The van der Waals surface area contributed by atoms with Crippen LogP contribution in [0.5, 0.6) is 23.0 Å². The fourth-order valence-electron chi connectivity index (χ4n) is 6.20. The van der Waals surface area contributed by atoms with E-state index in [0.29, 0.717) is 5.75 Å². The molecule has 0 saturated heterocycles. The third-order valence-corrected chi connectivity index (χ3v) is 8.06. The van der Waals surface area contributed by atoms with E-state index in [1.807, 2.05) is 18.2 Å². The maximum atomic E-state index is 6.58. The smallest absolute Gasteiger partial charge is 0.184 e. The van der Waals surface area contributed by atoms with E-state index in [9.17, 15) is 0 Å². The van der Waals surface area contributed by atoms with Crippen molar-refractivity contribution in [2.75, 3.05) is 0 Å². The minimum atomic E-state index is -0.380. The van der Waals surface area contributed by atoms with E-state index < -0.39 is 0 Å². The Morgan fingerprint density at radius 1 is 0.471 bits per heavy atom. The minimum Gasteiger partial charge on any atom is -0.449 e. The monoisotopic (exact) mass is 500 g/mol. The first-order chi connectivity index (χ1) is 16.8. The SMILES string of the molecule is Brc1cccc2c1Oc1ccc3c(c1O2)-c1ccccc1C31c2ccccc2-c2ccccc21. The first-order valence-corrected chi connectivity index (χ1v) is 12.2. The van der Waals surface area contributed by atoms with Gasteiger partial charge in [-0.05, 0) is 73.1 Å². The summed E-state index contributed by atoms with van der Waals surface area (Å²) in [7, 11) is 0. The van der Waals surface area contributed by atoms with E-state index in [4.69, 9.17) is 9.47 Å². The van der Waals surface area contributed by atoms with E-state index in [-0.39, 0.29) is 5.41 Å². The Kier molecular flexibility index (Phi) is 3.50. The lowest BCUT2D eigenvalue weighted by Crippen LogP contribution is -2.25. The van der Waals surface area contributed by atoms with Crippen LogP contribution in [0.4, 0.5) is 0 Å². The Hall–Kier alpha value is -3.82. The number of rotatable bonds is 0. The van der Waals surface area contributed by atoms with Crippen LogP contribution in [0, 0.1) is 0 Å². The summed E-state index contributed by atoms with van der Waals surface area (Å²) in [4.78, 5) is 0. The molecule has 3 aliphatic rings. The lowest BCUT2D eigenvalue weighted by Gasteiger charge is -2.31. The summed E-state index contributed by atoms with van der Waals surface area (Å²) < 4.78 is 13.8. The fourth-order valence-corrected chi connectivity index (χ4v) is 6.63. The van der Waals surface area contributed by atoms with Crippen molar-refractivity contribution < 1.29 is 9.47 Å². The van der Waals surface area contributed by atoms with Gasteiger partial charge < -0.3 is 9.47 Å². The zero-order valence-electron chi connectivity index (χ0n) is 18.0. The van der Waals surface area contributed by atoms with Crippen molar-refractivity contribution >= 4 is 15.9 Å². The molecular weight excluding hydrogens is 484 g/mol. The van der Waals surface area contributed by atoms with Gasteiger partial charge in [0, 0.05) is 5.56 Å². The van der Waals surface area contributed by atoms with Gasteiger partial charge in [-0.1, -0.05) is 84.9 Å². The molecule has 0 aromatic heterocycles. The minimum absolute atomic E-state index is 0.380. The van der Waals surface area contributed by atoms with Crippen LogP contribution >= 0.6 is 15.9 Å². The lowest BCUT2D eigenvalue weighted by atomic mass is 9.70. The number of ether oxygens (including phenoxy) is 2. The second-order valence-electron chi connectivity index (χ2n) is 8.97. The molecule has 0 unspecified atom stereocenters. The van der Waals surface area contributed by atoms with E-state index in [1.54, 1.807) is 0 Å². The van der Waals surface area contributed by atoms with Crippen molar-refractivity contribution in [2.45, 2.75) is 5.41 Å². The highest BCUT2D eigenvalue weighted by Gasteiger charge is 2.52. The van der Waals surface area contributed by atoms with Gasteiger partial charge >= 0.3 is 0 Å². The molecule has 5 aromatic carbocycles. The Balaban J connectivity index is 1.50. The molecule has 160 valence electrons. The van der Waals surface area contributed by atoms with Crippen LogP contribution in [0.15, 0.2) is 108 Å². The predicted molar refractivity (Wildman–Crippen MR) is 137 cm³/mol. The fraction of sp³-hybridized carbons (Fsp3) is 0.0323. The largest absolute Gasteiger partial charge is 0.449 e. The lowest BCUT2D eigenvalue weighted by molar-refractivity contribution is 0.358. The Labute approximate surface area is 205 Å². The molecule has 0 atom stereocenters. The summed E-state index contributed by atoms with van der Waals surface area (Å²) in [5.41, 5.74) is 9.70. The van der Waals surface area contributed by atoms with Crippen LogP contribution < -0.4 is 9.47 Å². The van der Waals surface area contributed by atoms with E-state index in [2.05, 4.69) is 101 Å². The van der Waals surface area contributed by atoms with Crippen LogP contribution in [0.3, 0.4) is 0 Å². The van der Waals surface area contributed by atoms with E-state index in [0.717, 1.165) is 27.3 Å². The van der Waals surface area contributed by atoms with Crippen molar-refractivity contribution in [1.29, 1.82) is 0 Å². The number of benzene rings is 5. The first kappa shape index (κ1) is 18.6. The van der Waals surface area contributed by atoms with Gasteiger partial charge in [0.05, 0.1) is 9.89 Å². The summed E-state index contributed by atoms with van der Waals surface area (Å²) in [6.07, 6.45) is 0. The molecule has 34 heavy (non-hydrogen) atoms. The van der Waals surface area contributed by atoms with Gasteiger partial charge in [0.25, 0.3) is 0 Å². The zero-order valence-corrected chi connectivity index (χ0v) is 19.6. The van der Waals surface area contributed by atoms with Gasteiger partial charge in [-0.2, -0.15) is 0 Å². The molecule has 0 saturated carbocycles. The van der Waals surface area contributed by atoms with Crippen LogP contribution in [0.25, 0.3) is 22.3 Å². The standard InChI is InChI=1S/C31H17BrO2/c32-25-14-7-15-26-29(25)33-27-17-16-24-28(30(27)34-26)20-10-3-6-13-23(20)31(24)21-11-4-1-8-18(21)19-9-2-5-12-22(19)31/h1-17H. The highest BCUT2D eigenvalue weighted by atomic mass is 79.9. The van der Waals surface area contributed by atoms with Crippen molar-refractivity contribution in [1.82, 2.24) is 0 Å². The molecule has 2 aliphatic carbocycles. The Morgan fingerprint density at radius 2 is 1.03 bits per heavy atom. The number of hydrogen-bond donors (Lipinski definition) is 0. The van der Waals surface area contributed by atoms with Crippen LogP contribution in [0.2, 0.25) is 0 Å². The number of fused-ring (bicyclic) bond motifs is 13. The third kappa shape index (κ3) is 2.07. The maximum absolute atomic E-state index is 6.58. The van der Waals surface area contributed by atoms with Gasteiger partial charge in [-0.3, -0.25) is 0 Å². The average Bonchev–Trinajstić information content (AvgIpc) is 3.36. The molecule has 2 nitrogen and oxygen atoms in total. The average molecular weight is 501 g/mol. The van der Waals surface area contributed by atoms with Gasteiger partial charge in [-0.15, -0.1) is 0 Å². The molecule has 0 amide bonds. The van der Waals surface area contributed by atoms with Gasteiger partial charge in [0.1, 0.15) is 0 Å². The third-order valence-electron chi connectivity index (χ3n) is 7.43. The molecule has 3 heteroatoms. The summed E-state index contributed by atoms with van der Waals surface area (Å²) in [6.45, 7) is 0. The summed E-state index contributed by atoms with van der Waals surface area (Å²) in [5, 5.41) is 0. The summed E-state index contributed by atoms with van der Waals surface area (Å²) in [5.74, 6) is 2.97. The van der Waals surface area contributed by atoms with Crippen molar-refractivity contribution in [3.8, 4) is 45.3 Å². The molecule has 0 radical (unpaired) electrons. The number of halogens is 1. The van der Waals surface area contributed by atoms with Crippen LogP contribution in [-0.4, -0.2) is 0 Å². The molecule has 5 aromatic rings. The molecule has 1 heterocycles. The second kappa shape index (κ2) is 6.40. The van der Waals surface area contributed by atoms with Crippen LogP contribution in [-0.2, 0) is 5.41 Å². The number of hydrogen-bond acceptors (Lipinski definition) is 2. The zero-order chi connectivity index (χ0) is 22.4. The maximum Gasteiger partial charge on any atom is 0.184 e. The molecule has 1 spiro atoms. The first-order valence-electron chi connectivity index (χ1n) is 11.4. The van der Waals surface area contributed by atoms with Crippen LogP contribution in [0.1, 0.15) is 22.3 Å². The van der Waals surface area contributed by atoms with Crippen molar-refractivity contribution in [2.24, 2.45) is 0 Å². The van der Waals surface area contributed by atoms with E-state index >= 15 is 0 Å². The highest BCUT2D eigenvalue weighted by Crippen LogP contribution is 2.66. The van der Waals surface area contributed by atoms with E-state index in [1.165, 1.54) is 38.9 Å². The molecule has 0 fully saturated rings. The normalized spacial score (nSPS) is 14.7. The van der Waals surface area contributed by atoms with Gasteiger partial charge in [0.15, 0.2) is 23.0 Å². The molecule has 8 rings (SSSR count). The summed E-state index contributed by atoms with van der Waals surface area (Å²) in [6, 6.07) is 36.6. The quantitative estimate of drug-likeness (QED) is 0.207. The highest BCUT2D eigenvalue weighted by molar-refractivity contribution is 9.10. The van der Waals surface area contributed by atoms with Crippen molar-refractivity contribution in [3.63, 3.8) is 0 Å². The Bertz CT molecular complexity index is 1640. The van der Waals surface area contributed by atoms with Gasteiger partial charge in [-0.25, -0.2) is 0 Å².